The first kappa shape index (κ1) is 19.8. The highest BCUT2D eigenvalue weighted by molar-refractivity contribution is 6.07. The molecule has 0 radical (unpaired) electrons. The molecule has 0 aliphatic heterocycles. The van der Waals surface area contributed by atoms with Crippen LogP contribution in [0.2, 0.25) is 0 Å². The summed E-state index contributed by atoms with van der Waals surface area (Å²) in [6, 6.07) is 13.1. The molecule has 3 heterocycles. The Morgan fingerprint density at radius 3 is 2.77 bits per heavy atom. The number of benzene rings is 1. The van der Waals surface area contributed by atoms with Gasteiger partial charge in [0.2, 0.25) is 0 Å². The van der Waals surface area contributed by atoms with Crippen molar-refractivity contribution in [1.29, 1.82) is 0 Å². The first-order valence-electron chi connectivity index (χ1n) is 10.2. The van der Waals surface area contributed by atoms with Gasteiger partial charge >= 0.3 is 0 Å². The third-order valence-electron chi connectivity index (χ3n) is 5.22. The fraction of sp³-hybridized carbons (Fsp3) is 0.250. The zero-order valence-electron chi connectivity index (χ0n) is 17.1. The lowest BCUT2D eigenvalue weighted by Gasteiger charge is -2.16. The summed E-state index contributed by atoms with van der Waals surface area (Å²) >= 11 is 0. The molecule has 0 aliphatic carbocycles. The maximum atomic E-state index is 13.2. The number of aryl methyl sites for hydroxylation is 1. The van der Waals surface area contributed by atoms with Gasteiger partial charge in [-0.05, 0) is 54.2 Å². The van der Waals surface area contributed by atoms with Crippen LogP contribution in [0.5, 0.6) is 0 Å². The van der Waals surface area contributed by atoms with Crippen LogP contribution in [0, 0.1) is 0 Å². The normalized spacial score (nSPS) is 11.3. The van der Waals surface area contributed by atoms with Gasteiger partial charge in [-0.1, -0.05) is 32.0 Å². The van der Waals surface area contributed by atoms with Gasteiger partial charge in [-0.2, -0.15) is 0 Å². The summed E-state index contributed by atoms with van der Waals surface area (Å²) in [7, 11) is 0. The van der Waals surface area contributed by atoms with Crippen LogP contribution in [-0.4, -0.2) is 26.8 Å². The summed E-state index contributed by atoms with van der Waals surface area (Å²) in [5.74, 6) is -0.133. The van der Waals surface area contributed by atoms with Crippen molar-refractivity contribution in [2.45, 2.75) is 32.6 Å². The highest BCUT2D eigenvalue weighted by Gasteiger charge is 2.21. The largest absolute Gasteiger partial charge is 0.352 e. The molecule has 6 heteroatoms. The lowest BCUT2D eigenvalue weighted by Crippen LogP contribution is -2.28. The fourth-order valence-electron chi connectivity index (χ4n) is 3.71. The summed E-state index contributed by atoms with van der Waals surface area (Å²) in [6.45, 7) is 4.56. The van der Waals surface area contributed by atoms with Crippen LogP contribution >= 0.6 is 0 Å². The van der Waals surface area contributed by atoms with E-state index in [1.165, 1.54) is 4.40 Å². The predicted octanol–water partition coefficient (Wildman–Crippen LogP) is 3.73. The van der Waals surface area contributed by atoms with Gasteiger partial charge in [0.05, 0.1) is 16.5 Å². The van der Waals surface area contributed by atoms with Crippen LogP contribution in [0.3, 0.4) is 0 Å². The maximum Gasteiger partial charge on any atom is 0.266 e. The molecule has 0 aliphatic rings. The minimum atomic E-state index is -0.231. The topological polar surface area (TPSA) is 76.4 Å². The Balaban J connectivity index is 1.68. The number of carbonyl (C=O) groups is 1. The molecule has 0 bridgehead atoms. The van der Waals surface area contributed by atoms with E-state index in [0.29, 0.717) is 28.7 Å². The molecule has 0 saturated heterocycles. The van der Waals surface area contributed by atoms with Gasteiger partial charge in [-0.25, -0.2) is 4.98 Å². The molecule has 152 valence electrons. The number of amides is 1. The van der Waals surface area contributed by atoms with Gasteiger partial charge in [0, 0.05) is 25.1 Å². The molecule has 0 fully saturated rings. The van der Waals surface area contributed by atoms with Crippen molar-refractivity contribution in [2.24, 2.45) is 0 Å². The third-order valence-corrected chi connectivity index (χ3v) is 5.22. The Kier molecular flexibility index (Phi) is 5.57. The average Bonchev–Trinajstić information content (AvgIpc) is 2.76. The predicted molar refractivity (Wildman–Crippen MR) is 118 cm³/mol. The van der Waals surface area contributed by atoms with E-state index in [1.807, 2.05) is 50.4 Å². The van der Waals surface area contributed by atoms with Crippen LogP contribution in [0.1, 0.15) is 47.7 Å². The van der Waals surface area contributed by atoms with E-state index in [9.17, 15) is 9.59 Å². The van der Waals surface area contributed by atoms with E-state index in [1.54, 1.807) is 24.5 Å². The molecule has 0 atom stereocenters. The second kappa shape index (κ2) is 8.45. The van der Waals surface area contributed by atoms with E-state index < -0.39 is 0 Å². The highest BCUT2D eigenvalue weighted by Crippen LogP contribution is 2.25. The summed E-state index contributed by atoms with van der Waals surface area (Å²) in [4.78, 5) is 35.1. The molecule has 4 aromatic rings. The van der Waals surface area contributed by atoms with E-state index in [-0.39, 0.29) is 17.4 Å². The third kappa shape index (κ3) is 3.81. The second-order valence-electron chi connectivity index (χ2n) is 7.65. The molecule has 1 amide bonds. The van der Waals surface area contributed by atoms with Crippen molar-refractivity contribution in [3.63, 3.8) is 0 Å². The van der Waals surface area contributed by atoms with Crippen molar-refractivity contribution in [1.82, 2.24) is 19.7 Å². The van der Waals surface area contributed by atoms with E-state index >= 15 is 0 Å². The van der Waals surface area contributed by atoms with Crippen LogP contribution in [0.4, 0.5) is 0 Å². The van der Waals surface area contributed by atoms with Gasteiger partial charge in [0.25, 0.3) is 11.5 Å². The van der Waals surface area contributed by atoms with Crippen molar-refractivity contribution < 1.29 is 4.79 Å². The van der Waals surface area contributed by atoms with E-state index in [0.717, 1.165) is 24.0 Å². The second-order valence-corrected chi connectivity index (χ2v) is 7.65. The Hall–Kier alpha value is -3.54. The number of rotatable bonds is 6. The molecule has 1 aromatic carbocycles. The minimum absolute atomic E-state index is 0.0985. The number of hydrogen-bond donors (Lipinski definition) is 1. The first-order chi connectivity index (χ1) is 14.6. The fourth-order valence-corrected chi connectivity index (χ4v) is 3.71. The molecular weight excluding hydrogens is 376 g/mol. The van der Waals surface area contributed by atoms with Gasteiger partial charge in [0.15, 0.2) is 0 Å². The Morgan fingerprint density at radius 2 is 2.00 bits per heavy atom. The number of fused-ring (bicyclic) bond motifs is 2. The molecular formula is C24H24N4O2. The number of nitrogens with zero attached hydrogens (tertiary/aromatic N) is 3. The number of carbonyl (C=O) groups excluding carboxylic acids is 1. The smallest absolute Gasteiger partial charge is 0.266 e. The zero-order valence-corrected chi connectivity index (χ0v) is 17.1. The van der Waals surface area contributed by atoms with Crippen LogP contribution in [-0.2, 0) is 6.42 Å². The maximum absolute atomic E-state index is 13.2. The van der Waals surface area contributed by atoms with Crippen molar-refractivity contribution in [3.8, 4) is 0 Å². The number of nitrogens with one attached hydrogen (secondary N) is 1. The Labute approximate surface area is 174 Å². The molecule has 0 saturated carbocycles. The van der Waals surface area contributed by atoms with Gasteiger partial charge in [-0.15, -0.1) is 0 Å². The van der Waals surface area contributed by atoms with Crippen LogP contribution in [0.15, 0.2) is 65.8 Å². The summed E-state index contributed by atoms with van der Waals surface area (Å²) in [5.41, 5.74) is 3.29. The number of aromatic nitrogens is 3. The molecule has 3 aromatic heterocycles. The zero-order chi connectivity index (χ0) is 21.1. The van der Waals surface area contributed by atoms with Gasteiger partial charge < -0.3 is 5.32 Å². The lowest BCUT2D eigenvalue weighted by atomic mass is 9.93. The lowest BCUT2D eigenvalue weighted by molar-refractivity contribution is 0.0953. The molecule has 30 heavy (non-hydrogen) atoms. The quantitative estimate of drug-likeness (QED) is 0.395. The van der Waals surface area contributed by atoms with Gasteiger partial charge in [0.1, 0.15) is 5.65 Å². The molecule has 1 N–H and O–H groups in total. The highest BCUT2D eigenvalue weighted by atomic mass is 16.2. The van der Waals surface area contributed by atoms with Crippen molar-refractivity contribution in [3.05, 3.63) is 88.1 Å². The number of hydrogen-bond acceptors (Lipinski definition) is 4. The molecule has 6 nitrogen and oxygen atoms in total. The van der Waals surface area contributed by atoms with Crippen molar-refractivity contribution in [2.75, 3.05) is 6.54 Å². The monoisotopic (exact) mass is 400 g/mol. The van der Waals surface area contributed by atoms with E-state index in [2.05, 4.69) is 15.3 Å². The Morgan fingerprint density at radius 1 is 1.13 bits per heavy atom. The van der Waals surface area contributed by atoms with E-state index in [4.69, 9.17) is 0 Å². The summed E-state index contributed by atoms with van der Waals surface area (Å²) < 4.78 is 1.49. The Bertz CT molecular complexity index is 1260. The minimum Gasteiger partial charge on any atom is -0.352 e. The van der Waals surface area contributed by atoms with Crippen LogP contribution < -0.4 is 10.9 Å². The first-order valence-corrected chi connectivity index (χ1v) is 10.2. The average molecular weight is 400 g/mol. The summed E-state index contributed by atoms with van der Waals surface area (Å²) in [5, 5.41) is 3.37. The molecule has 4 rings (SSSR count). The summed E-state index contributed by atoms with van der Waals surface area (Å²) in [6.07, 6.45) is 6.88. The van der Waals surface area contributed by atoms with Crippen LogP contribution in [0.25, 0.3) is 16.6 Å². The SMILES string of the molecule is CC(C)c1ccc2nc3ccccn3c(=O)c2c1C(=O)NCCCc1cccnc1. The van der Waals surface area contributed by atoms with Gasteiger partial charge in [-0.3, -0.25) is 19.0 Å². The molecule has 0 spiro atoms. The molecule has 0 unspecified atom stereocenters. The standard InChI is InChI=1S/C24H24N4O2/c1-16(2)18-10-11-19-22(24(30)28-14-4-3-9-20(28)27-19)21(18)23(29)26-13-6-8-17-7-5-12-25-15-17/h3-5,7,9-12,14-16H,6,8,13H2,1-2H3,(H,26,29). The van der Waals surface area contributed by atoms with Crippen molar-refractivity contribution >= 4 is 22.5 Å². The number of pyridine rings is 2.